The van der Waals surface area contributed by atoms with Crippen LogP contribution in [0.2, 0.25) is 0 Å². The Labute approximate surface area is 109 Å². The highest BCUT2D eigenvalue weighted by Gasteiger charge is 2.32. The molecule has 0 radical (unpaired) electrons. The molecule has 1 heteroatoms. The van der Waals surface area contributed by atoms with Gasteiger partial charge in [0.15, 0.2) is 0 Å². The molecular formula is C16H34O. The van der Waals surface area contributed by atoms with Crippen molar-refractivity contribution in [1.29, 1.82) is 0 Å². The number of rotatable bonds is 7. The van der Waals surface area contributed by atoms with E-state index in [2.05, 4.69) is 55.4 Å². The van der Waals surface area contributed by atoms with E-state index < -0.39 is 0 Å². The number of hydrogen-bond donors (Lipinski definition) is 0. The zero-order chi connectivity index (χ0) is 13.7. The van der Waals surface area contributed by atoms with Crippen LogP contribution in [0.5, 0.6) is 0 Å². The standard InChI is InChI=1S/C16H34O/c1-9-10-11-17-16(7,8)13-15(5,6)12-14(2,3)4/h9-13H2,1-8H3. The molecule has 0 aromatic carbocycles. The minimum Gasteiger partial charge on any atom is -0.376 e. The van der Waals surface area contributed by atoms with Crippen molar-refractivity contribution in [3.8, 4) is 0 Å². The van der Waals surface area contributed by atoms with Gasteiger partial charge in [0, 0.05) is 6.61 Å². The first-order valence-electron chi connectivity index (χ1n) is 7.11. The molecule has 0 atom stereocenters. The van der Waals surface area contributed by atoms with Crippen LogP contribution in [0.1, 0.15) is 81.1 Å². The van der Waals surface area contributed by atoms with Crippen molar-refractivity contribution < 1.29 is 4.74 Å². The zero-order valence-corrected chi connectivity index (χ0v) is 13.4. The average molecular weight is 242 g/mol. The van der Waals surface area contributed by atoms with Crippen molar-refractivity contribution in [3.63, 3.8) is 0 Å². The third-order valence-corrected chi connectivity index (χ3v) is 2.90. The maximum absolute atomic E-state index is 6.02. The molecular weight excluding hydrogens is 208 g/mol. The quantitative estimate of drug-likeness (QED) is 0.541. The fourth-order valence-corrected chi connectivity index (χ4v) is 3.19. The summed E-state index contributed by atoms with van der Waals surface area (Å²) in [6, 6.07) is 0. The second kappa shape index (κ2) is 6.22. The van der Waals surface area contributed by atoms with Gasteiger partial charge in [0.2, 0.25) is 0 Å². The predicted octanol–water partition coefficient (Wildman–Crippen LogP) is 5.43. The molecule has 0 aromatic heterocycles. The van der Waals surface area contributed by atoms with Crippen LogP contribution in [0, 0.1) is 10.8 Å². The molecule has 104 valence electrons. The summed E-state index contributed by atoms with van der Waals surface area (Å²) in [6.45, 7) is 19.3. The highest BCUT2D eigenvalue weighted by molar-refractivity contribution is 4.83. The summed E-state index contributed by atoms with van der Waals surface area (Å²) in [5.74, 6) is 0. The molecule has 0 aliphatic rings. The molecule has 0 saturated heterocycles. The SMILES string of the molecule is CCCCOC(C)(C)CC(C)(C)CC(C)(C)C. The second-order valence-electron chi connectivity index (χ2n) is 8.04. The van der Waals surface area contributed by atoms with Gasteiger partial charge in [0.25, 0.3) is 0 Å². The van der Waals surface area contributed by atoms with Crippen molar-refractivity contribution >= 4 is 0 Å². The molecule has 0 fully saturated rings. The number of hydrogen-bond acceptors (Lipinski definition) is 1. The van der Waals surface area contributed by atoms with Gasteiger partial charge in [0.1, 0.15) is 0 Å². The first kappa shape index (κ1) is 17.0. The Bertz CT molecular complexity index is 208. The first-order valence-corrected chi connectivity index (χ1v) is 7.11. The molecule has 0 aromatic rings. The maximum atomic E-state index is 6.02. The van der Waals surface area contributed by atoms with Crippen molar-refractivity contribution in [2.75, 3.05) is 6.61 Å². The van der Waals surface area contributed by atoms with Gasteiger partial charge in [-0.05, 0) is 43.9 Å². The van der Waals surface area contributed by atoms with Gasteiger partial charge < -0.3 is 4.74 Å². The van der Waals surface area contributed by atoms with Crippen molar-refractivity contribution in [1.82, 2.24) is 0 Å². The van der Waals surface area contributed by atoms with E-state index in [9.17, 15) is 0 Å². The fraction of sp³-hybridized carbons (Fsp3) is 1.00. The van der Waals surface area contributed by atoms with Crippen molar-refractivity contribution in [2.24, 2.45) is 10.8 Å². The Balaban J connectivity index is 4.27. The largest absolute Gasteiger partial charge is 0.376 e. The van der Waals surface area contributed by atoms with Gasteiger partial charge >= 0.3 is 0 Å². The van der Waals surface area contributed by atoms with Gasteiger partial charge in [-0.1, -0.05) is 48.0 Å². The van der Waals surface area contributed by atoms with Crippen LogP contribution in [0.25, 0.3) is 0 Å². The van der Waals surface area contributed by atoms with Gasteiger partial charge in [0.05, 0.1) is 5.60 Å². The highest BCUT2D eigenvalue weighted by Crippen LogP contribution is 2.39. The van der Waals surface area contributed by atoms with E-state index in [0.717, 1.165) is 13.0 Å². The molecule has 0 aliphatic heterocycles. The molecule has 1 nitrogen and oxygen atoms in total. The summed E-state index contributed by atoms with van der Waals surface area (Å²) in [6.07, 6.45) is 4.74. The van der Waals surface area contributed by atoms with Crippen LogP contribution < -0.4 is 0 Å². The molecule has 0 rings (SSSR count). The normalized spacial score (nSPS) is 14.1. The Morgan fingerprint density at radius 3 is 1.76 bits per heavy atom. The molecule has 0 heterocycles. The lowest BCUT2D eigenvalue weighted by atomic mass is 9.71. The lowest BCUT2D eigenvalue weighted by Crippen LogP contribution is -2.34. The lowest BCUT2D eigenvalue weighted by molar-refractivity contribution is -0.0523. The maximum Gasteiger partial charge on any atom is 0.0631 e. The Hall–Kier alpha value is -0.0400. The third kappa shape index (κ3) is 9.64. The summed E-state index contributed by atoms with van der Waals surface area (Å²) in [4.78, 5) is 0. The summed E-state index contributed by atoms with van der Waals surface area (Å²) in [5, 5.41) is 0. The van der Waals surface area contributed by atoms with E-state index >= 15 is 0 Å². The molecule has 0 saturated carbocycles. The summed E-state index contributed by atoms with van der Waals surface area (Å²) < 4.78 is 6.02. The van der Waals surface area contributed by atoms with Crippen LogP contribution in [0.4, 0.5) is 0 Å². The van der Waals surface area contributed by atoms with Crippen LogP contribution >= 0.6 is 0 Å². The molecule has 0 amide bonds. The van der Waals surface area contributed by atoms with Gasteiger partial charge in [-0.2, -0.15) is 0 Å². The Morgan fingerprint density at radius 2 is 1.35 bits per heavy atom. The van der Waals surface area contributed by atoms with E-state index in [1.807, 2.05) is 0 Å². The monoisotopic (exact) mass is 242 g/mol. The van der Waals surface area contributed by atoms with E-state index in [1.165, 1.54) is 19.3 Å². The van der Waals surface area contributed by atoms with E-state index in [1.54, 1.807) is 0 Å². The topological polar surface area (TPSA) is 9.23 Å². The van der Waals surface area contributed by atoms with E-state index in [0.29, 0.717) is 10.8 Å². The predicted molar refractivity (Wildman–Crippen MR) is 77.4 cm³/mol. The molecule has 0 N–H and O–H groups in total. The Morgan fingerprint density at radius 1 is 0.824 bits per heavy atom. The third-order valence-electron chi connectivity index (χ3n) is 2.90. The summed E-state index contributed by atoms with van der Waals surface area (Å²) in [7, 11) is 0. The highest BCUT2D eigenvalue weighted by atomic mass is 16.5. The van der Waals surface area contributed by atoms with E-state index in [4.69, 9.17) is 4.74 Å². The van der Waals surface area contributed by atoms with Crippen LogP contribution in [-0.2, 0) is 4.74 Å². The van der Waals surface area contributed by atoms with Gasteiger partial charge in [-0.15, -0.1) is 0 Å². The molecule has 0 unspecified atom stereocenters. The second-order valence-corrected chi connectivity index (χ2v) is 8.04. The van der Waals surface area contributed by atoms with Crippen molar-refractivity contribution in [2.45, 2.75) is 86.7 Å². The minimum atomic E-state index is 0.00389. The van der Waals surface area contributed by atoms with Crippen LogP contribution in [0.3, 0.4) is 0 Å². The first-order chi connectivity index (χ1) is 7.47. The fourth-order valence-electron chi connectivity index (χ4n) is 3.19. The summed E-state index contributed by atoms with van der Waals surface area (Å²) >= 11 is 0. The average Bonchev–Trinajstić information content (AvgIpc) is 1.96. The van der Waals surface area contributed by atoms with Gasteiger partial charge in [-0.25, -0.2) is 0 Å². The lowest BCUT2D eigenvalue weighted by Gasteiger charge is -2.38. The smallest absolute Gasteiger partial charge is 0.0631 e. The molecule has 0 aliphatic carbocycles. The molecule has 0 spiro atoms. The van der Waals surface area contributed by atoms with E-state index in [-0.39, 0.29) is 5.60 Å². The molecule has 17 heavy (non-hydrogen) atoms. The van der Waals surface area contributed by atoms with Crippen molar-refractivity contribution in [3.05, 3.63) is 0 Å². The van der Waals surface area contributed by atoms with Crippen LogP contribution in [-0.4, -0.2) is 12.2 Å². The van der Waals surface area contributed by atoms with Gasteiger partial charge in [-0.3, -0.25) is 0 Å². The Kier molecular flexibility index (Phi) is 6.21. The van der Waals surface area contributed by atoms with Crippen LogP contribution in [0.15, 0.2) is 0 Å². The minimum absolute atomic E-state index is 0.00389. The number of unbranched alkanes of at least 4 members (excludes halogenated alkanes) is 1. The number of ether oxygens (including phenoxy) is 1. The summed E-state index contributed by atoms with van der Waals surface area (Å²) in [5.41, 5.74) is 0.737. The molecule has 0 bridgehead atoms. The zero-order valence-electron chi connectivity index (χ0n) is 13.4.